The number of nitrogens with zero attached hydrogens (tertiary/aromatic N) is 6. The van der Waals surface area contributed by atoms with Crippen LogP contribution in [0.3, 0.4) is 0 Å². The van der Waals surface area contributed by atoms with Gasteiger partial charge in [0.1, 0.15) is 11.9 Å². The molecule has 0 saturated carbocycles. The molecule has 3 amide bonds. The third-order valence-electron chi connectivity index (χ3n) is 8.03. The average Bonchev–Trinajstić information content (AvgIpc) is 3.58. The predicted octanol–water partition coefficient (Wildman–Crippen LogP) is 4.94. The highest BCUT2D eigenvalue weighted by Gasteiger charge is 2.41. The van der Waals surface area contributed by atoms with Crippen LogP contribution in [0.5, 0.6) is 0 Å². The molecule has 4 heterocycles. The number of pyridine rings is 2. The molecule has 230 valence electrons. The van der Waals surface area contributed by atoms with Crippen molar-refractivity contribution in [1.82, 2.24) is 14.9 Å². The third-order valence-corrected chi connectivity index (χ3v) is 8.03. The van der Waals surface area contributed by atoms with Crippen molar-refractivity contribution < 1.29 is 27.6 Å². The molecule has 2 aliphatic heterocycles. The maximum Gasteiger partial charge on any atom is 0.416 e. The largest absolute Gasteiger partial charge is 0.416 e. The molecular formula is C32H33F3N6O3. The van der Waals surface area contributed by atoms with Gasteiger partial charge >= 0.3 is 6.18 Å². The number of para-hydroxylation sites is 1. The second-order valence-electron chi connectivity index (χ2n) is 11.2. The Kier molecular flexibility index (Phi) is 8.19. The lowest BCUT2D eigenvalue weighted by Gasteiger charge is -2.32. The number of benzene rings is 1. The van der Waals surface area contributed by atoms with Crippen molar-refractivity contribution in [3.8, 4) is 0 Å². The standard InChI is InChI=1S/C32H33F3N6O3/c1-6-28(42)40-17-22-13-21(15-36-24(22)18-40)16-38(4)30-19(2)8-7-9-25(30)39(5)31(44)26-10-11-29(43)41(26)27-14-23(32(33,34)35)12-20(3)37-27/h6-9,12-15,26H,1,10-11,16-18H2,2-5H3/t26-/m0/s1. The normalized spacial score (nSPS) is 16.2. The molecule has 0 spiro atoms. The molecule has 9 nitrogen and oxygen atoms in total. The van der Waals surface area contributed by atoms with Crippen LogP contribution in [-0.2, 0) is 40.2 Å². The van der Waals surface area contributed by atoms with Crippen molar-refractivity contribution in [1.29, 1.82) is 0 Å². The summed E-state index contributed by atoms with van der Waals surface area (Å²) in [4.78, 5) is 53.9. The number of halogens is 3. The van der Waals surface area contributed by atoms with E-state index in [1.165, 1.54) is 17.9 Å². The molecule has 1 saturated heterocycles. The molecule has 3 aromatic rings. The number of rotatable bonds is 7. The number of alkyl halides is 3. The second kappa shape index (κ2) is 11.7. The zero-order valence-electron chi connectivity index (χ0n) is 25.0. The molecule has 1 fully saturated rings. The summed E-state index contributed by atoms with van der Waals surface area (Å²) < 4.78 is 40.6. The maximum atomic E-state index is 13.9. The van der Waals surface area contributed by atoms with Crippen LogP contribution in [0.4, 0.5) is 30.4 Å². The van der Waals surface area contributed by atoms with Crippen LogP contribution in [0.15, 0.2) is 55.3 Å². The number of carbonyl (C=O) groups excluding carboxylic acids is 3. The van der Waals surface area contributed by atoms with E-state index in [-0.39, 0.29) is 30.3 Å². The molecule has 5 rings (SSSR count). The van der Waals surface area contributed by atoms with Gasteiger partial charge in [-0.05, 0) is 67.3 Å². The van der Waals surface area contributed by atoms with Crippen LogP contribution in [0, 0.1) is 13.8 Å². The van der Waals surface area contributed by atoms with Gasteiger partial charge in [-0.1, -0.05) is 18.7 Å². The van der Waals surface area contributed by atoms with Crippen molar-refractivity contribution in [2.45, 2.75) is 58.5 Å². The number of hydrogen-bond acceptors (Lipinski definition) is 6. The number of amides is 3. The summed E-state index contributed by atoms with van der Waals surface area (Å²) in [5, 5.41) is 0. The molecule has 12 heteroatoms. The summed E-state index contributed by atoms with van der Waals surface area (Å²) in [6.07, 6.45) is -1.39. The van der Waals surface area contributed by atoms with Crippen molar-refractivity contribution in [2.75, 3.05) is 28.8 Å². The maximum absolute atomic E-state index is 13.9. The van der Waals surface area contributed by atoms with E-state index in [0.29, 0.717) is 25.3 Å². The summed E-state index contributed by atoms with van der Waals surface area (Å²) in [6, 6.07) is 8.29. The summed E-state index contributed by atoms with van der Waals surface area (Å²) in [5.41, 5.74) is 4.15. The minimum atomic E-state index is -4.63. The Labute approximate surface area is 253 Å². The molecule has 2 aromatic heterocycles. The molecule has 44 heavy (non-hydrogen) atoms. The lowest BCUT2D eigenvalue weighted by atomic mass is 10.1. The fourth-order valence-corrected chi connectivity index (χ4v) is 5.93. The summed E-state index contributed by atoms with van der Waals surface area (Å²) in [5.74, 6) is -1.23. The molecule has 1 atom stereocenters. The van der Waals surface area contributed by atoms with Crippen LogP contribution < -0.4 is 14.7 Å². The summed E-state index contributed by atoms with van der Waals surface area (Å²) >= 11 is 0. The van der Waals surface area contributed by atoms with Gasteiger partial charge in [0.15, 0.2) is 0 Å². The van der Waals surface area contributed by atoms with Gasteiger partial charge in [0, 0.05) is 45.5 Å². The first-order chi connectivity index (χ1) is 20.8. The first-order valence-corrected chi connectivity index (χ1v) is 14.1. The van der Waals surface area contributed by atoms with Crippen molar-refractivity contribution in [2.24, 2.45) is 0 Å². The number of hydrogen-bond donors (Lipinski definition) is 0. The molecule has 0 N–H and O–H groups in total. The predicted molar refractivity (Wildman–Crippen MR) is 160 cm³/mol. The number of aryl methyl sites for hydroxylation is 2. The zero-order valence-corrected chi connectivity index (χ0v) is 25.0. The van der Waals surface area contributed by atoms with Gasteiger partial charge in [0.05, 0.1) is 29.2 Å². The molecule has 2 aliphatic rings. The van der Waals surface area contributed by atoms with Crippen LogP contribution in [0.1, 0.15) is 46.5 Å². The molecule has 0 aliphatic carbocycles. The Balaban J connectivity index is 1.40. The number of carbonyl (C=O) groups is 3. The second-order valence-corrected chi connectivity index (χ2v) is 11.2. The van der Waals surface area contributed by atoms with Crippen molar-refractivity contribution in [3.05, 3.63) is 88.9 Å². The lowest BCUT2D eigenvalue weighted by Crippen LogP contribution is -2.46. The van der Waals surface area contributed by atoms with Gasteiger partial charge in [-0.3, -0.25) is 24.3 Å². The van der Waals surface area contributed by atoms with Crippen LogP contribution >= 0.6 is 0 Å². The van der Waals surface area contributed by atoms with Crippen molar-refractivity contribution >= 4 is 34.9 Å². The Bertz CT molecular complexity index is 1660. The SMILES string of the molecule is C=CC(=O)N1Cc2cc(CN(C)c3c(C)cccc3N(C)C(=O)[C@@H]3CCC(=O)N3c3cc(C(F)(F)F)cc(C)n3)cnc2C1. The first-order valence-electron chi connectivity index (χ1n) is 14.1. The van der Waals surface area contributed by atoms with E-state index in [9.17, 15) is 27.6 Å². The van der Waals surface area contributed by atoms with E-state index in [2.05, 4.69) is 16.5 Å². The van der Waals surface area contributed by atoms with Gasteiger partial charge in [-0.25, -0.2) is 4.98 Å². The molecular weight excluding hydrogens is 573 g/mol. The van der Waals surface area contributed by atoms with Crippen LogP contribution in [0.2, 0.25) is 0 Å². The van der Waals surface area contributed by atoms with Crippen LogP contribution in [0.25, 0.3) is 0 Å². The van der Waals surface area contributed by atoms with E-state index < -0.39 is 29.6 Å². The van der Waals surface area contributed by atoms with Gasteiger partial charge in [-0.15, -0.1) is 0 Å². The Hall–Kier alpha value is -4.74. The fraction of sp³-hybridized carbons (Fsp3) is 0.344. The Morgan fingerprint density at radius 1 is 1.14 bits per heavy atom. The summed E-state index contributed by atoms with van der Waals surface area (Å²) in [7, 11) is 3.49. The van der Waals surface area contributed by atoms with Gasteiger partial charge in [0.25, 0.3) is 0 Å². The monoisotopic (exact) mass is 606 g/mol. The highest BCUT2D eigenvalue weighted by molar-refractivity contribution is 6.09. The highest BCUT2D eigenvalue weighted by Crippen LogP contribution is 2.37. The number of fused-ring (bicyclic) bond motifs is 1. The number of likely N-dealkylation sites (N-methyl/N-ethyl adjacent to an activating group) is 1. The smallest absolute Gasteiger partial charge is 0.368 e. The minimum absolute atomic E-state index is 0.0168. The molecule has 1 aromatic carbocycles. The first kappa shape index (κ1) is 30.7. The summed E-state index contributed by atoms with van der Waals surface area (Å²) in [6.45, 7) is 8.24. The van der Waals surface area contributed by atoms with E-state index >= 15 is 0 Å². The molecule has 0 bridgehead atoms. The van der Waals surface area contributed by atoms with Gasteiger partial charge in [0.2, 0.25) is 17.7 Å². The van der Waals surface area contributed by atoms with Gasteiger partial charge < -0.3 is 14.7 Å². The minimum Gasteiger partial charge on any atom is -0.368 e. The van der Waals surface area contributed by atoms with E-state index in [1.807, 2.05) is 37.1 Å². The van der Waals surface area contributed by atoms with Crippen LogP contribution in [-0.4, -0.2) is 52.7 Å². The van der Waals surface area contributed by atoms with Crippen molar-refractivity contribution in [3.63, 3.8) is 0 Å². The average molecular weight is 607 g/mol. The highest BCUT2D eigenvalue weighted by atomic mass is 19.4. The fourth-order valence-electron chi connectivity index (χ4n) is 5.93. The zero-order chi connectivity index (χ0) is 31.9. The number of aromatic nitrogens is 2. The third kappa shape index (κ3) is 5.88. The Morgan fingerprint density at radius 2 is 1.89 bits per heavy atom. The lowest BCUT2D eigenvalue weighted by molar-refractivity contribution is -0.137. The van der Waals surface area contributed by atoms with E-state index in [0.717, 1.165) is 45.1 Å². The molecule has 0 radical (unpaired) electrons. The van der Waals surface area contributed by atoms with Gasteiger partial charge in [-0.2, -0.15) is 13.2 Å². The van der Waals surface area contributed by atoms with E-state index in [1.54, 1.807) is 24.2 Å². The Morgan fingerprint density at radius 3 is 2.59 bits per heavy atom. The topological polar surface area (TPSA) is 90.0 Å². The quantitative estimate of drug-likeness (QED) is 0.354. The van der Waals surface area contributed by atoms with E-state index in [4.69, 9.17) is 0 Å². The molecule has 0 unspecified atom stereocenters. The number of anilines is 3.